The van der Waals surface area contributed by atoms with E-state index in [2.05, 4.69) is 16.0 Å². The van der Waals surface area contributed by atoms with Gasteiger partial charge < -0.3 is 21.7 Å². The highest BCUT2D eigenvalue weighted by molar-refractivity contribution is 7.12. The molecule has 0 atom stereocenters. The molecule has 0 saturated carbocycles. The van der Waals surface area contributed by atoms with E-state index in [9.17, 15) is 19.2 Å². The van der Waals surface area contributed by atoms with Crippen LogP contribution >= 0.6 is 22.7 Å². The quantitative estimate of drug-likeness (QED) is 0.561. The van der Waals surface area contributed by atoms with Crippen molar-refractivity contribution in [3.63, 3.8) is 0 Å². The van der Waals surface area contributed by atoms with Crippen LogP contribution in [0.25, 0.3) is 0 Å². The van der Waals surface area contributed by atoms with Gasteiger partial charge in [-0.15, -0.1) is 22.7 Å². The molecular formula is C17H22N4O4S2. The Kier molecular flexibility index (Phi) is 9.17. The summed E-state index contributed by atoms with van der Waals surface area (Å²) in [6, 6.07) is 3.56. The average Bonchev–Trinajstić information content (AvgIpc) is 3.26. The first-order valence-corrected chi connectivity index (χ1v) is 9.64. The number of aryl methyl sites for hydroxylation is 2. The van der Waals surface area contributed by atoms with Gasteiger partial charge in [-0.05, 0) is 47.9 Å². The molecule has 5 N–H and O–H groups in total. The number of nitrogens with two attached hydrogens (primary N) is 1. The molecule has 0 saturated heterocycles. The monoisotopic (exact) mass is 410 g/mol. The van der Waals surface area contributed by atoms with Gasteiger partial charge in [0.25, 0.3) is 11.8 Å². The molecule has 2 aromatic rings. The molecule has 0 unspecified atom stereocenters. The van der Waals surface area contributed by atoms with E-state index in [4.69, 9.17) is 5.73 Å². The zero-order valence-corrected chi connectivity index (χ0v) is 16.9. The number of hydrogen-bond donors (Lipinski definition) is 4. The van der Waals surface area contributed by atoms with E-state index >= 15 is 0 Å². The molecule has 4 amide bonds. The lowest BCUT2D eigenvalue weighted by atomic mass is 10.3. The molecule has 2 aromatic heterocycles. The summed E-state index contributed by atoms with van der Waals surface area (Å²) in [7, 11) is 1.53. The van der Waals surface area contributed by atoms with Gasteiger partial charge in [0, 0.05) is 7.05 Å². The van der Waals surface area contributed by atoms with Gasteiger partial charge in [-0.25, -0.2) is 0 Å². The van der Waals surface area contributed by atoms with Gasteiger partial charge >= 0.3 is 0 Å². The van der Waals surface area contributed by atoms with E-state index in [1.54, 1.807) is 12.1 Å². The van der Waals surface area contributed by atoms with Crippen molar-refractivity contribution < 1.29 is 19.2 Å². The fourth-order valence-corrected chi connectivity index (χ4v) is 3.32. The minimum atomic E-state index is -0.540. The number of primary amides is 1. The molecule has 8 nitrogen and oxygen atoms in total. The predicted molar refractivity (Wildman–Crippen MR) is 106 cm³/mol. The number of amides is 4. The maximum atomic E-state index is 11.4. The number of nitrogens with one attached hydrogen (secondary N) is 3. The predicted octanol–water partition coefficient (Wildman–Crippen LogP) is 0.804. The van der Waals surface area contributed by atoms with E-state index in [1.807, 2.05) is 24.6 Å². The van der Waals surface area contributed by atoms with Gasteiger partial charge in [0.1, 0.15) is 0 Å². The van der Waals surface area contributed by atoms with E-state index in [-0.39, 0.29) is 30.8 Å². The number of likely N-dealkylation sites (N-methyl/N-ethyl adjacent to an activating group) is 1. The summed E-state index contributed by atoms with van der Waals surface area (Å²) in [6.45, 7) is 3.73. The van der Waals surface area contributed by atoms with Crippen LogP contribution in [-0.4, -0.2) is 43.8 Å². The maximum absolute atomic E-state index is 11.4. The third-order valence-electron chi connectivity index (χ3n) is 3.02. The largest absolute Gasteiger partial charge is 0.368 e. The molecule has 0 bridgehead atoms. The van der Waals surface area contributed by atoms with Crippen molar-refractivity contribution in [1.29, 1.82) is 0 Å². The third kappa shape index (κ3) is 8.47. The highest BCUT2D eigenvalue weighted by Crippen LogP contribution is 2.13. The Bertz CT molecular complexity index is 813. The van der Waals surface area contributed by atoms with Crippen LogP contribution in [-0.2, 0) is 9.59 Å². The van der Waals surface area contributed by atoms with Crippen LogP contribution in [0, 0.1) is 13.8 Å². The summed E-state index contributed by atoms with van der Waals surface area (Å²) in [4.78, 5) is 45.1. The second kappa shape index (κ2) is 11.1. The molecule has 0 radical (unpaired) electrons. The van der Waals surface area contributed by atoms with Crippen molar-refractivity contribution in [3.8, 4) is 0 Å². The van der Waals surface area contributed by atoms with Crippen LogP contribution in [0.2, 0.25) is 0 Å². The van der Waals surface area contributed by atoms with E-state index in [0.717, 1.165) is 11.1 Å². The van der Waals surface area contributed by atoms with Crippen molar-refractivity contribution in [3.05, 3.63) is 43.8 Å². The van der Waals surface area contributed by atoms with Gasteiger partial charge in [-0.3, -0.25) is 19.2 Å². The summed E-state index contributed by atoms with van der Waals surface area (Å²) in [5.74, 6) is -1.20. The second-order valence-electron chi connectivity index (χ2n) is 5.48. The molecule has 27 heavy (non-hydrogen) atoms. The van der Waals surface area contributed by atoms with Crippen molar-refractivity contribution >= 4 is 46.3 Å². The lowest BCUT2D eigenvalue weighted by molar-refractivity contribution is -0.119. The molecule has 0 aliphatic heterocycles. The number of thiophene rings is 2. The zero-order valence-electron chi connectivity index (χ0n) is 15.3. The Morgan fingerprint density at radius 2 is 1.33 bits per heavy atom. The number of rotatable bonds is 6. The Balaban J connectivity index is 0.000000271. The van der Waals surface area contributed by atoms with E-state index in [0.29, 0.717) is 9.75 Å². The molecular weight excluding hydrogens is 388 g/mol. The average molecular weight is 411 g/mol. The van der Waals surface area contributed by atoms with Gasteiger partial charge in [0.15, 0.2) is 0 Å². The normalized spacial score (nSPS) is 9.59. The molecule has 0 aromatic carbocycles. The Morgan fingerprint density at radius 1 is 0.889 bits per heavy atom. The minimum Gasteiger partial charge on any atom is -0.368 e. The summed E-state index contributed by atoms with van der Waals surface area (Å²) in [6.07, 6.45) is 0. The van der Waals surface area contributed by atoms with E-state index in [1.165, 1.54) is 29.7 Å². The lowest BCUT2D eigenvalue weighted by Gasteiger charge is -2.01. The molecule has 10 heteroatoms. The molecule has 0 spiro atoms. The lowest BCUT2D eigenvalue weighted by Crippen LogP contribution is -2.34. The first kappa shape index (κ1) is 22.3. The van der Waals surface area contributed by atoms with Crippen LogP contribution in [0.4, 0.5) is 0 Å². The number of carbonyl (C=O) groups excluding carboxylic acids is 4. The second-order valence-corrected chi connectivity index (χ2v) is 7.30. The number of hydrogen-bond acceptors (Lipinski definition) is 6. The first-order chi connectivity index (χ1) is 12.7. The Labute approximate surface area is 165 Å². The SMILES string of the molecule is CNC(=O)CNC(=O)c1cc(C)cs1.Cc1csc(C(=O)NCC(N)=O)c1. The molecule has 2 heterocycles. The third-order valence-corrected chi connectivity index (χ3v) is 5.11. The van der Waals surface area contributed by atoms with Crippen molar-refractivity contribution in [2.75, 3.05) is 20.1 Å². The van der Waals surface area contributed by atoms with Crippen LogP contribution in [0.3, 0.4) is 0 Å². The van der Waals surface area contributed by atoms with E-state index < -0.39 is 5.91 Å². The fourth-order valence-electron chi connectivity index (χ4n) is 1.69. The summed E-state index contributed by atoms with van der Waals surface area (Å²) < 4.78 is 0. The fraction of sp³-hybridized carbons (Fsp3) is 0.294. The molecule has 146 valence electrons. The van der Waals surface area contributed by atoms with Gasteiger partial charge in [-0.2, -0.15) is 0 Å². The molecule has 0 fully saturated rings. The summed E-state index contributed by atoms with van der Waals surface area (Å²) in [5.41, 5.74) is 6.97. The van der Waals surface area contributed by atoms with Gasteiger partial charge in [0.05, 0.1) is 22.8 Å². The van der Waals surface area contributed by atoms with Crippen molar-refractivity contribution in [2.45, 2.75) is 13.8 Å². The van der Waals surface area contributed by atoms with Gasteiger partial charge in [-0.1, -0.05) is 0 Å². The van der Waals surface area contributed by atoms with Crippen LogP contribution in [0.1, 0.15) is 30.5 Å². The smallest absolute Gasteiger partial charge is 0.261 e. The summed E-state index contributed by atoms with van der Waals surface area (Å²) in [5, 5.41) is 11.1. The minimum absolute atomic E-state index is 0.0201. The highest BCUT2D eigenvalue weighted by Gasteiger charge is 2.09. The standard InChI is InChI=1S/C9H12N2O2S.C8H10N2O2S/c1-6-3-7(14-5-6)9(13)11-4-8(12)10-2;1-5-2-6(13-4-5)8(12)10-3-7(9)11/h3,5H,4H2,1-2H3,(H,10,12)(H,11,13);2,4H,3H2,1H3,(H2,9,11)(H,10,12). The van der Waals surface area contributed by atoms with Crippen molar-refractivity contribution in [1.82, 2.24) is 16.0 Å². The Morgan fingerprint density at radius 3 is 1.67 bits per heavy atom. The van der Waals surface area contributed by atoms with Crippen LogP contribution < -0.4 is 21.7 Å². The molecule has 0 aliphatic carbocycles. The topological polar surface area (TPSA) is 130 Å². The zero-order chi connectivity index (χ0) is 20.4. The Hall–Kier alpha value is -2.72. The van der Waals surface area contributed by atoms with Crippen LogP contribution in [0.5, 0.6) is 0 Å². The van der Waals surface area contributed by atoms with Crippen molar-refractivity contribution in [2.24, 2.45) is 5.73 Å². The maximum Gasteiger partial charge on any atom is 0.261 e. The number of carbonyl (C=O) groups is 4. The van der Waals surface area contributed by atoms with Gasteiger partial charge in [0.2, 0.25) is 11.8 Å². The highest BCUT2D eigenvalue weighted by atomic mass is 32.1. The molecule has 2 rings (SSSR count). The molecule has 0 aliphatic rings. The summed E-state index contributed by atoms with van der Waals surface area (Å²) >= 11 is 2.72. The first-order valence-electron chi connectivity index (χ1n) is 7.88. The van der Waals surface area contributed by atoms with Crippen LogP contribution in [0.15, 0.2) is 22.9 Å².